The Hall–Kier alpha value is -0.870. The molecule has 1 rings (SSSR count). The van der Waals surface area contributed by atoms with Crippen molar-refractivity contribution in [3.63, 3.8) is 0 Å². The summed E-state index contributed by atoms with van der Waals surface area (Å²) in [5, 5.41) is 4.09. The maximum absolute atomic E-state index is 6.16. The zero-order valence-electron chi connectivity index (χ0n) is 8.45. The number of rotatable bonds is 4. The van der Waals surface area contributed by atoms with Crippen molar-refractivity contribution in [3.8, 4) is 0 Å². The summed E-state index contributed by atoms with van der Waals surface area (Å²) in [6.45, 7) is 2.57. The first-order chi connectivity index (χ1) is 6.12. The van der Waals surface area contributed by atoms with Crippen molar-refractivity contribution in [2.75, 3.05) is 13.7 Å². The van der Waals surface area contributed by atoms with E-state index in [1.54, 1.807) is 18.0 Å². The van der Waals surface area contributed by atoms with E-state index in [-0.39, 0.29) is 0 Å². The fourth-order valence-electron chi connectivity index (χ4n) is 1.33. The highest BCUT2D eigenvalue weighted by molar-refractivity contribution is 5.17. The molecule has 74 valence electrons. The van der Waals surface area contributed by atoms with Crippen molar-refractivity contribution in [2.24, 2.45) is 12.8 Å². The van der Waals surface area contributed by atoms with Gasteiger partial charge in [0.25, 0.3) is 0 Å². The number of aromatic nitrogens is 2. The van der Waals surface area contributed by atoms with Gasteiger partial charge >= 0.3 is 0 Å². The average molecular weight is 183 g/mol. The van der Waals surface area contributed by atoms with Crippen LogP contribution in [0, 0.1) is 0 Å². The molecule has 1 aromatic heterocycles. The van der Waals surface area contributed by atoms with E-state index in [2.05, 4.69) is 5.10 Å². The molecule has 0 aliphatic heterocycles. The van der Waals surface area contributed by atoms with Crippen LogP contribution in [0.15, 0.2) is 12.4 Å². The maximum Gasteiger partial charge on any atom is 0.0685 e. The Labute approximate surface area is 78.7 Å². The molecule has 4 nitrogen and oxygen atoms in total. The lowest BCUT2D eigenvalue weighted by atomic mass is 9.92. The van der Waals surface area contributed by atoms with Gasteiger partial charge in [-0.05, 0) is 6.42 Å². The van der Waals surface area contributed by atoms with Gasteiger partial charge in [0.05, 0.1) is 18.3 Å². The molecule has 0 aliphatic carbocycles. The fourth-order valence-corrected chi connectivity index (χ4v) is 1.33. The summed E-state index contributed by atoms with van der Waals surface area (Å²) in [5.41, 5.74) is 6.79. The van der Waals surface area contributed by atoms with Crippen molar-refractivity contribution in [3.05, 3.63) is 18.0 Å². The van der Waals surface area contributed by atoms with Gasteiger partial charge in [0.15, 0.2) is 0 Å². The summed E-state index contributed by atoms with van der Waals surface area (Å²) in [4.78, 5) is 0. The number of hydrogen-bond acceptors (Lipinski definition) is 3. The zero-order chi connectivity index (χ0) is 9.90. The molecule has 1 aromatic rings. The number of ether oxygens (including phenoxy) is 1. The Bertz CT molecular complexity index is 272. The van der Waals surface area contributed by atoms with Crippen LogP contribution in [0.2, 0.25) is 0 Å². The summed E-state index contributed by atoms with van der Waals surface area (Å²) in [7, 11) is 3.54. The second-order valence-electron chi connectivity index (χ2n) is 3.35. The van der Waals surface area contributed by atoms with Crippen LogP contribution in [0.4, 0.5) is 0 Å². The van der Waals surface area contributed by atoms with Crippen LogP contribution in [0.3, 0.4) is 0 Å². The van der Waals surface area contributed by atoms with Crippen LogP contribution >= 0.6 is 0 Å². The van der Waals surface area contributed by atoms with Crippen molar-refractivity contribution < 1.29 is 4.74 Å². The standard InChI is InChI=1S/C9H17N3O/c1-4-9(10,7-13-3)8-5-11-12(2)6-8/h5-6H,4,7,10H2,1-3H3. The molecular weight excluding hydrogens is 166 g/mol. The second kappa shape index (κ2) is 3.89. The highest BCUT2D eigenvalue weighted by atomic mass is 16.5. The number of aryl methyl sites for hydroxylation is 1. The molecule has 0 fully saturated rings. The van der Waals surface area contributed by atoms with Crippen molar-refractivity contribution >= 4 is 0 Å². The second-order valence-corrected chi connectivity index (χ2v) is 3.35. The van der Waals surface area contributed by atoms with Gasteiger partial charge in [-0.15, -0.1) is 0 Å². The molecule has 1 unspecified atom stereocenters. The van der Waals surface area contributed by atoms with E-state index in [1.807, 2.05) is 20.2 Å². The van der Waals surface area contributed by atoms with Gasteiger partial charge in [-0.25, -0.2) is 0 Å². The molecule has 0 aromatic carbocycles. The Morgan fingerprint density at radius 3 is 2.77 bits per heavy atom. The summed E-state index contributed by atoms with van der Waals surface area (Å²) >= 11 is 0. The van der Waals surface area contributed by atoms with Gasteiger partial charge in [-0.2, -0.15) is 5.10 Å². The molecule has 2 N–H and O–H groups in total. The van der Waals surface area contributed by atoms with Crippen molar-refractivity contribution in [1.29, 1.82) is 0 Å². The lowest BCUT2D eigenvalue weighted by molar-refractivity contribution is 0.129. The smallest absolute Gasteiger partial charge is 0.0685 e. The van der Waals surface area contributed by atoms with Gasteiger partial charge in [0, 0.05) is 25.9 Å². The van der Waals surface area contributed by atoms with E-state index in [9.17, 15) is 0 Å². The van der Waals surface area contributed by atoms with E-state index in [1.165, 1.54) is 0 Å². The Morgan fingerprint density at radius 2 is 2.38 bits per heavy atom. The van der Waals surface area contributed by atoms with Gasteiger partial charge < -0.3 is 10.5 Å². The third-order valence-corrected chi connectivity index (χ3v) is 2.31. The molecular formula is C9H17N3O. The van der Waals surface area contributed by atoms with E-state index in [0.717, 1.165) is 12.0 Å². The minimum Gasteiger partial charge on any atom is -0.382 e. The number of nitrogens with zero attached hydrogens (tertiary/aromatic N) is 2. The highest BCUT2D eigenvalue weighted by Gasteiger charge is 2.26. The van der Waals surface area contributed by atoms with Crippen LogP contribution in [0.1, 0.15) is 18.9 Å². The average Bonchev–Trinajstić information content (AvgIpc) is 2.52. The van der Waals surface area contributed by atoms with Crippen LogP contribution in [0.5, 0.6) is 0 Å². The Kier molecular flexibility index (Phi) is 3.06. The van der Waals surface area contributed by atoms with Gasteiger partial charge in [0.2, 0.25) is 0 Å². The predicted octanol–water partition coefficient (Wildman–Crippen LogP) is 0.630. The lowest BCUT2D eigenvalue weighted by Crippen LogP contribution is -2.40. The van der Waals surface area contributed by atoms with E-state index in [0.29, 0.717) is 6.61 Å². The topological polar surface area (TPSA) is 53.1 Å². The van der Waals surface area contributed by atoms with Gasteiger partial charge in [-0.3, -0.25) is 4.68 Å². The summed E-state index contributed by atoms with van der Waals surface area (Å²) in [6, 6.07) is 0. The number of nitrogens with two attached hydrogens (primary N) is 1. The van der Waals surface area contributed by atoms with Crippen LogP contribution < -0.4 is 5.73 Å². The summed E-state index contributed by atoms with van der Waals surface area (Å²) < 4.78 is 6.85. The first-order valence-corrected chi connectivity index (χ1v) is 4.39. The minimum atomic E-state index is -0.400. The number of methoxy groups -OCH3 is 1. The Morgan fingerprint density at radius 1 is 1.69 bits per heavy atom. The first-order valence-electron chi connectivity index (χ1n) is 4.39. The molecule has 1 heterocycles. The molecule has 0 saturated carbocycles. The lowest BCUT2D eigenvalue weighted by Gasteiger charge is -2.25. The minimum absolute atomic E-state index is 0.400. The van der Waals surface area contributed by atoms with Crippen LogP contribution in [-0.4, -0.2) is 23.5 Å². The molecule has 0 aliphatic rings. The third kappa shape index (κ3) is 2.08. The van der Waals surface area contributed by atoms with Gasteiger partial charge in [-0.1, -0.05) is 6.92 Å². The SMILES string of the molecule is CCC(N)(COC)c1cnn(C)c1. The quantitative estimate of drug-likeness (QED) is 0.745. The summed E-state index contributed by atoms with van der Waals surface area (Å²) in [6.07, 6.45) is 4.57. The first kappa shape index (κ1) is 10.2. The summed E-state index contributed by atoms with van der Waals surface area (Å²) in [5.74, 6) is 0. The molecule has 0 radical (unpaired) electrons. The molecule has 0 amide bonds. The van der Waals surface area contributed by atoms with E-state index in [4.69, 9.17) is 10.5 Å². The van der Waals surface area contributed by atoms with E-state index >= 15 is 0 Å². The normalized spacial score (nSPS) is 15.7. The highest BCUT2D eigenvalue weighted by Crippen LogP contribution is 2.21. The van der Waals surface area contributed by atoms with Crippen LogP contribution in [-0.2, 0) is 17.3 Å². The molecule has 0 bridgehead atoms. The molecule has 13 heavy (non-hydrogen) atoms. The molecule has 1 atom stereocenters. The fraction of sp³-hybridized carbons (Fsp3) is 0.667. The number of hydrogen-bond donors (Lipinski definition) is 1. The van der Waals surface area contributed by atoms with Crippen LogP contribution in [0.25, 0.3) is 0 Å². The van der Waals surface area contributed by atoms with E-state index < -0.39 is 5.54 Å². The molecule has 4 heteroatoms. The Balaban J connectivity index is 2.88. The van der Waals surface area contributed by atoms with Gasteiger partial charge in [0.1, 0.15) is 0 Å². The zero-order valence-corrected chi connectivity index (χ0v) is 8.45. The largest absolute Gasteiger partial charge is 0.382 e. The molecule has 0 spiro atoms. The molecule has 0 saturated heterocycles. The predicted molar refractivity (Wildman–Crippen MR) is 51.2 cm³/mol. The van der Waals surface area contributed by atoms with Crippen molar-refractivity contribution in [2.45, 2.75) is 18.9 Å². The third-order valence-electron chi connectivity index (χ3n) is 2.31. The van der Waals surface area contributed by atoms with Crippen molar-refractivity contribution in [1.82, 2.24) is 9.78 Å². The monoisotopic (exact) mass is 183 g/mol. The maximum atomic E-state index is 6.16.